The van der Waals surface area contributed by atoms with Gasteiger partial charge in [-0.15, -0.1) is 11.3 Å². The molecule has 0 atom stereocenters. The summed E-state index contributed by atoms with van der Waals surface area (Å²) in [4.78, 5) is 40.4. The zero-order chi connectivity index (χ0) is 16.7. The average molecular weight is 347 g/mol. The van der Waals surface area contributed by atoms with Gasteiger partial charge >= 0.3 is 6.03 Å². The molecule has 2 fully saturated rings. The van der Waals surface area contributed by atoms with Crippen LogP contribution in [-0.2, 0) is 17.6 Å². The van der Waals surface area contributed by atoms with Gasteiger partial charge in [0.15, 0.2) is 0 Å². The minimum atomic E-state index is -0.387. The third-order valence-electron chi connectivity index (χ3n) is 5.15. The number of carbonyl (C=O) groups excluding carboxylic acids is 3. The van der Waals surface area contributed by atoms with Crippen LogP contribution >= 0.6 is 11.3 Å². The molecule has 6 nitrogen and oxygen atoms in total. The summed E-state index contributed by atoms with van der Waals surface area (Å²) >= 11 is 1.51. The number of carbonyl (C=O) groups is 3. The van der Waals surface area contributed by atoms with E-state index in [0.717, 1.165) is 38.5 Å². The SMILES string of the molecule is O=C(NN1CC(=O)N(C2CCCC2)C1=O)c1cc2c(s1)CCCC2. The first-order chi connectivity index (χ1) is 11.6. The fourth-order valence-electron chi connectivity index (χ4n) is 3.91. The first-order valence-corrected chi connectivity index (χ1v) is 9.51. The Morgan fingerprint density at radius 2 is 1.88 bits per heavy atom. The van der Waals surface area contributed by atoms with Crippen molar-refractivity contribution < 1.29 is 14.4 Å². The molecular formula is C17H21N3O3S. The summed E-state index contributed by atoms with van der Waals surface area (Å²) < 4.78 is 0. The number of hydrogen-bond donors (Lipinski definition) is 1. The van der Waals surface area contributed by atoms with E-state index < -0.39 is 0 Å². The molecule has 1 aromatic heterocycles. The zero-order valence-corrected chi connectivity index (χ0v) is 14.4. The Hall–Kier alpha value is -1.89. The number of nitrogens with zero attached hydrogens (tertiary/aromatic N) is 2. The lowest BCUT2D eigenvalue weighted by Gasteiger charge is -2.22. The number of aryl methyl sites for hydroxylation is 2. The lowest BCUT2D eigenvalue weighted by Crippen LogP contribution is -2.46. The molecule has 4 amide bonds. The number of imide groups is 1. The van der Waals surface area contributed by atoms with Gasteiger partial charge in [0.1, 0.15) is 6.54 Å². The van der Waals surface area contributed by atoms with Gasteiger partial charge in [-0.2, -0.15) is 0 Å². The topological polar surface area (TPSA) is 69.7 Å². The van der Waals surface area contributed by atoms with Crippen molar-refractivity contribution in [1.29, 1.82) is 0 Å². The summed E-state index contributed by atoms with van der Waals surface area (Å²) in [5, 5.41) is 1.17. The Morgan fingerprint density at radius 3 is 2.62 bits per heavy atom. The van der Waals surface area contributed by atoms with Gasteiger partial charge in [-0.1, -0.05) is 12.8 Å². The second-order valence-corrected chi connectivity index (χ2v) is 7.91. The zero-order valence-electron chi connectivity index (χ0n) is 13.5. The summed E-state index contributed by atoms with van der Waals surface area (Å²) in [5.74, 6) is -0.499. The van der Waals surface area contributed by atoms with Gasteiger partial charge < -0.3 is 0 Å². The first kappa shape index (κ1) is 15.6. The van der Waals surface area contributed by atoms with Crippen LogP contribution in [0.4, 0.5) is 4.79 Å². The van der Waals surface area contributed by atoms with Crippen molar-refractivity contribution in [1.82, 2.24) is 15.3 Å². The Labute approximate surface area is 144 Å². The standard InChI is InChI=1S/C17H21N3O3S/c21-15-10-19(17(23)20(15)12-6-2-3-7-12)18-16(22)14-9-11-5-1-4-8-13(11)24-14/h9,12H,1-8,10H2,(H,18,22). The van der Waals surface area contributed by atoms with E-state index in [-0.39, 0.29) is 30.4 Å². The highest BCUT2D eigenvalue weighted by Gasteiger charge is 2.42. The van der Waals surface area contributed by atoms with E-state index in [2.05, 4.69) is 5.43 Å². The molecule has 0 spiro atoms. The van der Waals surface area contributed by atoms with Gasteiger partial charge in [0, 0.05) is 10.9 Å². The number of amides is 4. The molecule has 3 aliphatic rings. The van der Waals surface area contributed by atoms with Gasteiger partial charge in [-0.05, 0) is 50.2 Å². The highest BCUT2D eigenvalue weighted by molar-refractivity contribution is 7.14. The molecule has 128 valence electrons. The minimum absolute atomic E-state index is 0.000883. The molecule has 0 aromatic carbocycles. The van der Waals surface area contributed by atoms with Crippen LogP contribution in [0.5, 0.6) is 0 Å². The lowest BCUT2D eigenvalue weighted by molar-refractivity contribution is -0.126. The van der Waals surface area contributed by atoms with Crippen molar-refractivity contribution in [2.75, 3.05) is 6.54 Å². The van der Waals surface area contributed by atoms with E-state index >= 15 is 0 Å². The largest absolute Gasteiger partial charge is 0.346 e. The minimum Gasteiger partial charge on any atom is -0.272 e. The maximum atomic E-state index is 12.5. The quantitative estimate of drug-likeness (QED) is 0.854. The van der Waals surface area contributed by atoms with E-state index in [1.165, 1.54) is 44.5 Å². The maximum absolute atomic E-state index is 12.5. The van der Waals surface area contributed by atoms with Gasteiger partial charge in [0.2, 0.25) is 0 Å². The molecule has 1 aliphatic heterocycles. The van der Waals surface area contributed by atoms with Gasteiger partial charge in [-0.3, -0.25) is 19.9 Å². The molecule has 0 unspecified atom stereocenters. The number of urea groups is 1. The summed E-state index contributed by atoms with van der Waals surface area (Å²) in [7, 11) is 0. The number of rotatable bonds is 3. The number of hydrazine groups is 1. The fraction of sp³-hybridized carbons (Fsp3) is 0.588. The molecule has 1 saturated carbocycles. The van der Waals surface area contributed by atoms with Crippen molar-refractivity contribution >= 4 is 29.2 Å². The second kappa shape index (κ2) is 6.20. The molecular weight excluding hydrogens is 326 g/mol. The smallest absolute Gasteiger partial charge is 0.272 e. The Kier molecular flexibility index (Phi) is 4.04. The third-order valence-corrected chi connectivity index (χ3v) is 6.38. The molecule has 1 saturated heterocycles. The van der Waals surface area contributed by atoms with Crippen molar-refractivity contribution in [3.63, 3.8) is 0 Å². The molecule has 0 bridgehead atoms. The van der Waals surface area contributed by atoms with Crippen LogP contribution in [0.2, 0.25) is 0 Å². The lowest BCUT2D eigenvalue weighted by atomic mass is 9.99. The Bertz CT molecular complexity index is 670. The van der Waals surface area contributed by atoms with Gasteiger partial charge in [0.25, 0.3) is 11.8 Å². The molecule has 7 heteroatoms. The van der Waals surface area contributed by atoms with E-state index in [1.807, 2.05) is 6.07 Å². The maximum Gasteiger partial charge on any atom is 0.346 e. The number of fused-ring (bicyclic) bond motifs is 1. The summed E-state index contributed by atoms with van der Waals surface area (Å²) in [6.45, 7) is -0.0633. The molecule has 4 rings (SSSR count). The van der Waals surface area contributed by atoms with Crippen LogP contribution in [0.25, 0.3) is 0 Å². The van der Waals surface area contributed by atoms with Crippen LogP contribution in [0, 0.1) is 0 Å². The Morgan fingerprint density at radius 1 is 1.12 bits per heavy atom. The molecule has 1 N–H and O–H groups in total. The van der Waals surface area contributed by atoms with Crippen molar-refractivity contribution in [2.24, 2.45) is 0 Å². The number of thiophene rings is 1. The number of hydrogen-bond acceptors (Lipinski definition) is 4. The van der Waals surface area contributed by atoms with Gasteiger partial charge in [0.05, 0.1) is 4.88 Å². The third kappa shape index (κ3) is 2.70. The summed E-state index contributed by atoms with van der Waals surface area (Å²) in [6.07, 6.45) is 8.24. The molecule has 2 aliphatic carbocycles. The van der Waals surface area contributed by atoms with Gasteiger partial charge in [-0.25, -0.2) is 9.80 Å². The number of nitrogens with one attached hydrogen (secondary N) is 1. The van der Waals surface area contributed by atoms with E-state index in [4.69, 9.17) is 0 Å². The molecule has 1 aromatic rings. The van der Waals surface area contributed by atoms with E-state index in [9.17, 15) is 14.4 Å². The van der Waals surface area contributed by atoms with Crippen LogP contribution in [0.1, 0.15) is 58.6 Å². The molecule has 2 heterocycles. The summed E-state index contributed by atoms with van der Waals surface area (Å²) in [6, 6.07) is 1.55. The molecule has 0 radical (unpaired) electrons. The predicted octanol–water partition coefficient (Wildman–Crippen LogP) is 2.48. The van der Waals surface area contributed by atoms with Crippen LogP contribution in [-0.4, -0.2) is 40.3 Å². The highest BCUT2D eigenvalue weighted by Crippen LogP contribution is 2.30. The predicted molar refractivity (Wildman–Crippen MR) is 89.6 cm³/mol. The second-order valence-electron chi connectivity index (χ2n) is 6.78. The fourth-order valence-corrected chi connectivity index (χ4v) is 5.05. The monoisotopic (exact) mass is 347 g/mol. The Balaban J connectivity index is 1.45. The summed E-state index contributed by atoms with van der Waals surface area (Å²) in [5.41, 5.74) is 3.89. The van der Waals surface area contributed by atoms with Crippen molar-refractivity contribution in [2.45, 2.75) is 57.4 Å². The normalized spacial score (nSPS) is 21.5. The van der Waals surface area contributed by atoms with Crippen molar-refractivity contribution in [3.05, 3.63) is 21.4 Å². The first-order valence-electron chi connectivity index (χ1n) is 8.69. The van der Waals surface area contributed by atoms with Crippen molar-refractivity contribution in [3.8, 4) is 0 Å². The van der Waals surface area contributed by atoms with Crippen LogP contribution in [0.15, 0.2) is 6.07 Å². The molecule has 24 heavy (non-hydrogen) atoms. The average Bonchev–Trinajstić information content (AvgIpc) is 3.27. The van der Waals surface area contributed by atoms with Crippen LogP contribution < -0.4 is 5.43 Å². The van der Waals surface area contributed by atoms with E-state index in [0.29, 0.717) is 4.88 Å². The van der Waals surface area contributed by atoms with Crippen LogP contribution in [0.3, 0.4) is 0 Å². The highest BCUT2D eigenvalue weighted by atomic mass is 32.1. The van der Waals surface area contributed by atoms with E-state index in [1.54, 1.807) is 0 Å².